The van der Waals surface area contributed by atoms with Crippen molar-refractivity contribution in [2.75, 3.05) is 13.2 Å². The van der Waals surface area contributed by atoms with Crippen LogP contribution in [0.25, 0.3) is 0 Å². The van der Waals surface area contributed by atoms with Crippen molar-refractivity contribution in [2.45, 2.75) is 25.1 Å². The van der Waals surface area contributed by atoms with Crippen LogP contribution in [0.1, 0.15) is 29.3 Å². The first-order chi connectivity index (χ1) is 11.4. The molecule has 1 atom stereocenters. The highest BCUT2D eigenvalue weighted by Crippen LogP contribution is 2.34. The van der Waals surface area contributed by atoms with E-state index in [-0.39, 0.29) is 24.3 Å². The van der Waals surface area contributed by atoms with E-state index in [1.165, 1.54) is 12.1 Å². The molecule has 1 unspecified atom stereocenters. The van der Waals surface area contributed by atoms with Crippen LogP contribution >= 0.6 is 11.3 Å². The van der Waals surface area contributed by atoms with Crippen LogP contribution in [0, 0.1) is 0 Å². The Morgan fingerprint density at radius 2 is 2.00 bits per heavy atom. The van der Waals surface area contributed by atoms with Gasteiger partial charge >= 0.3 is 6.18 Å². The number of nitrogens with zero attached hydrogens (tertiary/aromatic N) is 1. The Hall–Kier alpha value is -2.02. The molecule has 1 amide bonds. The van der Waals surface area contributed by atoms with Gasteiger partial charge in [0.05, 0.1) is 11.6 Å². The maximum absolute atomic E-state index is 12.5. The van der Waals surface area contributed by atoms with Crippen molar-refractivity contribution in [3.05, 3.63) is 52.2 Å². The minimum atomic E-state index is -4.38. The van der Waals surface area contributed by atoms with Gasteiger partial charge in [-0.1, -0.05) is 6.07 Å². The first-order valence-electron chi connectivity index (χ1n) is 7.58. The maximum Gasteiger partial charge on any atom is 0.416 e. The Kier molecular flexibility index (Phi) is 4.80. The number of ether oxygens (including phenoxy) is 1. The standard InChI is InChI=1S/C17H16F3NO2S/c18-17(19,20)12-5-7-13(8-6-12)23-11-16(22)21-9-1-3-14(21)15-4-2-10-24-15/h2,4-8,10,14H,1,3,9,11H2. The maximum atomic E-state index is 12.5. The Morgan fingerprint density at radius 3 is 2.62 bits per heavy atom. The van der Waals surface area contributed by atoms with Gasteiger partial charge in [0.2, 0.25) is 0 Å². The molecule has 2 aromatic rings. The molecule has 2 heterocycles. The zero-order valence-electron chi connectivity index (χ0n) is 12.8. The van der Waals surface area contributed by atoms with E-state index in [0.717, 1.165) is 29.9 Å². The number of benzene rings is 1. The summed E-state index contributed by atoms with van der Waals surface area (Å²) in [6.45, 7) is 0.505. The number of halogens is 3. The summed E-state index contributed by atoms with van der Waals surface area (Å²) in [7, 11) is 0. The molecule has 0 aliphatic carbocycles. The van der Waals surface area contributed by atoms with Crippen LogP contribution in [-0.2, 0) is 11.0 Å². The lowest BCUT2D eigenvalue weighted by molar-refractivity contribution is -0.138. The number of rotatable bonds is 4. The molecule has 3 nitrogen and oxygen atoms in total. The number of amides is 1. The molecule has 1 saturated heterocycles. The highest BCUT2D eigenvalue weighted by atomic mass is 32.1. The van der Waals surface area contributed by atoms with E-state index in [1.54, 1.807) is 16.2 Å². The third-order valence-corrected chi connectivity index (χ3v) is 4.96. The van der Waals surface area contributed by atoms with Crippen LogP contribution in [0.15, 0.2) is 41.8 Å². The second-order valence-electron chi connectivity index (χ2n) is 5.57. The molecule has 0 bridgehead atoms. The molecule has 0 saturated carbocycles. The average Bonchev–Trinajstić information content (AvgIpc) is 3.22. The summed E-state index contributed by atoms with van der Waals surface area (Å²) in [5, 5.41) is 1.98. The molecule has 24 heavy (non-hydrogen) atoms. The largest absolute Gasteiger partial charge is 0.484 e. The number of hydrogen-bond donors (Lipinski definition) is 0. The van der Waals surface area contributed by atoms with Gasteiger partial charge in [0.1, 0.15) is 5.75 Å². The lowest BCUT2D eigenvalue weighted by Crippen LogP contribution is -2.34. The third-order valence-electron chi connectivity index (χ3n) is 3.99. The van der Waals surface area contributed by atoms with E-state index in [4.69, 9.17) is 4.74 Å². The smallest absolute Gasteiger partial charge is 0.416 e. The SMILES string of the molecule is O=C(COc1ccc(C(F)(F)F)cc1)N1CCCC1c1cccs1. The molecule has 0 spiro atoms. The van der Waals surface area contributed by atoms with Crippen LogP contribution in [0.2, 0.25) is 0 Å². The molecule has 0 N–H and O–H groups in total. The molecule has 1 aliphatic heterocycles. The summed E-state index contributed by atoms with van der Waals surface area (Å²) >= 11 is 1.62. The highest BCUT2D eigenvalue weighted by Gasteiger charge is 2.31. The summed E-state index contributed by atoms with van der Waals surface area (Å²) < 4.78 is 42.9. The van der Waals surface area contributed by atoms with Crippen LogP contribution in [0.3, 0.4) is 0 Å². The minimum absolute atomic E-state index is 0.0775. The van der Waals surface area contributed by atoms with Crippen molar-refractivity contribution in [1.82, 2.24) is 4.90 Å². The number of hydrogen-bond acceptors (Lipinski definition) is 3. The molecule has 128 valence electrons. The van der Waals surface area contributed by atoms with Crippen molar-refractivity contribution in [1.29, 1.82) is 0 Å². The number of carbonyl (C=O) groups excluding carboxylic acids is 1. The van der Waals surface area contributed by atoms with Crippen molar-refractivity contribution in [3.8, 4) is 5.75 Å². The van der Waals surface area contributed by atoms with E-state index in [2.05, 4.69) is 0 Å². The summed E-state index contributed by atoms with van der Waals surface area (Å²) in [5.74, 6) is 0.106. The molecule has 1 aromatic heterocycles. The van der Waals surface area contributed by atoms with Crippen LogP contribution in [0.4, 0.5) is 13.2 Å². The zero-order valence-corrected chi connectivity index (χ0v) is 13.6. The molecule has 1 aliphatic rings. The fourth-order valence-electron chi connectivity index (χ4n) is 2.81. The molecule has 7 heteroatoms. The highest BCUT2D eigenvalue weighted by molar-refractivity contribution is 7.10. The van der Waals surface area contributed by atoms with Crippen LogP contribution in [-0.4, -0.2) is 24.0 Å². The molecule has 1 aromatic carbocycles. The lowest BCUT2D eigenvalue weighted by Gasteiger charge is -2.24. The summed E-state index contributed by atoms with van der Waals surface area (Å²) in [5.41, 5.74) is -0.738. The van der Waals surface area contributed by atoms with Gasteiger partial charge in [-0.15, -0.1) is 11.3 Å². The molecule has 3 rings (SSSR count). The summed E-state index contributed by atoms with van der Waals surface area (Å²) in [6.07, 6.45) is -2.51. The Balaban J connectivity index is 1.59. The number of alkyl halides is 3. The molecule has 0 radical (unpaired) electrons. The van der Waals surface area contributed by atoms with Crippen LogP contribution in [0.5, 0.6) is 5.75 Å². The van der Waals surface area contributed by atoms with Crippen molar-refractivity contribution in [3.63, 3.8) is 0 Å². The first kappa shape index (κ1) is 16.8. The average molecular weight is 355 g/mol. The second kappa shape index (κ2) is 6.84. The normalized spacial score (nSPS) is 18.0. The number of likely N-dealkylation sites (tertiary alicyclic amines) is 1. The zero-order chi connectivity index (χ0) is 17.2. The third kappa shape index (κ3) is 3.72. The quantitative estimate of drug-likeness (QED) is 0.808. The topological polar surface area (TPSA) is 29.5 Å². The monoisotopic (exact) mass is 355 g/mol. The van der Waals surface area contributed by atoms with Crippen molar-refractivity contribution < 1.29 is 22.7 Å². The van der Waals surface area contributed by atoms with E-state index in [1.807, 2.05) is 17.5 Å². The van der Waals surface area contributed by atoms with Gasteiger partial charge in [-0.25, -0.2) is 0 Å². The fraction of sp³-hybridized carbons (Fsp3) is 0.353. The predicted molar refractivity (Wildman–Crippen MR) is 84.9 cm³/mol. The second-order valence-corrected chi connectivity index (χ2v) is 6.55. The van der Waals surface area contributed by atoms with Gasteiger partial charge in [-0.3, -0.25) is 4.79 Å². The van der Waals surface area contributed by atoms with Crippen LogP contribution < -0.4 is 4.74 Å². The number of thiophene rings is 1. The lowest BCUT2D eigenvalue weighted by atomic mass is 10.2. The van der Waals surface area contributed by atoms with E-state index < -0.39 is 11.7 Å². The summed E-state index contributed by atoms with van der Waals surface area (Å²) in [6, 6.07) is 8.41. The summed E-state index contributed by atoms with van der Waals surface area (Å²) in [4.78, 5) is 15.3. The van der Waals surface area contributed by atoms with Gasteiger partial charge < -0.3 is 9.64 Å². The molecule has 1 fully saturated rings. The predicted octanol–water partition coefficient (Wildman–Crippen LogP) is 4.51. The van der Waals surface area contributed by atoms with Gasteiger partial charge in [0.25, 0.3) is 5.91 Å². The minimum Gasteiger partial charge on any atom is -0.484 e. The van der Waals surface area contributed by atoms with Gasteiger partial charge in [0.15, 0.2) is 6.61 Å². The van der Waals surface area contributed by atoms with Gasteiger partial charge in [-0.2, -0.15) is 13.2 Å². The van der Waals surface area contributed by atoms with Gasteiger partial charge in [0, 0.05) is 11.4 Å². The molecular weight excluding hydrogens is 339 g/mol. The fourth-order valence-corrected chi connectivity index (χ4v) is 3.68. The number of carbonyl (C=O) groups is 1. The van der Waals surface area contributed by atoms with Gasteiger partial charge in [-0.05, 0) is 48.6 Å². The van der Waals surface area contributed by atoms with Crippen molar-refractivity contribution >= 4 is 17.2 Å². The van der Waals surface area contributed by atoms with E-state index in [9.17, 15) is 18.0 Å². The Bertz CT molecular complexity index is 683. The Labute approximate surface area is 141 Å². The first-order valence-corrected chi connectivity index (χ1v) is 8.46. The van der Waals surface area contributed by atoms with E-state index >= 15 is 0 Å². The van der Waals surface area contributed by atoms with E-state index in [0.29, 0.717) is 6.54 Å². The molecular formula is C17H16F3NO2S. The van der Waals surface area contributed by atoms with Crippen molar-refractivity contribution in [2.24, 2.45) is 0 Å². The Morgan fingerprint density at radius 1 is 1.25 bits per heavy atom.